The molecule has 6 heteroatoms. The fourth-order valence-electron chi connectivity index (χ4n) is 3.12. The Morgan fingerprint density at radius 2 is 1.70 bits per heavy atom. The van der Waals surface area contributed by atoms with Crippen molar-refractivity contribution in [3.63, 3.8) is 0 Å². The second kappa shape index (κ2) is 6.00. The minimum Gasteiger partial charge on any atom is -0.480 e. The molecule has 1 saturated heterocycles. The Bertz CT molecular complexity index is 673. The maximum atomic E-state index is 12.8. The number of carboxylic acids is 1. The standard InChI is InChI=1S/C17H21NO4S/c1-9-6-10(2)13(11(3)7-9)14(19)15(20)18-12(16(21)22)8-23-17(18,4)5/h6-7,12H,8H2,1-5H3,(H,21,22)/t12-/m0/s1. The number of aryl methyl sites for hydroxylation is 3. The lowest BCUT2D eigenvalue weighted by molar-refractivity contribution is -0.148. The Morgan fingerprint density at radius 3 is 2.17 bits per heavy atom. The molecule has 1 aliphatic heterocycles. The van der Waals surface area contributed by atoms with E-state index in [1.165, 1.54) is 16.7 Å². The smallest absolute Gasteiger partial charge is 0.327 e. The first-order valence-electron chi connectivity index (χ1n) is 7.39. The van der Waals surface area contributed by atoms with E-state index in [9.17, 15) is 19.5 Å². The number of amides is 1. The van der Waals surface area contributed by atoms with Gasteiger partial charge in [0.15, 0.2) is 0 Å². The predicted molar refractivity (Wildman–Crippen MR) is 89.8 cm³/mol. The molecular formula is C17H21NO4S. The monoisotopic (exact) mass is 335 g/mol. The molecule has 1 N–H and O–H groups in total. The molecule has 0 saturated carbocycles. The zero-order valence-corrected chi connectivity index (χ0v) is 14.8. The van der Waals surface area contributed by atoms with Gasteiger partial charge in [0.1, 0.15) is 6.04 Å². The molecule has 0 bridgehead atoms. The molecule has 0 aromatic heterocycles. The topological polar surface area (TPSA) is 74.7 Å². The third-order valence-electron chi connectivity index (χ3n) is 4.09. The van der Waals surface area contributed by atoms with Crippen LogP contribution in [0.15, 0.2) is 12.1 Å². The van der Waals surface area contributed by atoms with Crippen molar-refractivity contribution in [3.8, 4) is 0 Å². The highest BCUT2D eigenvalue weighted by molar-refractivity contribution is 8.00. The largest absolute Gasteiger partial charge is 0.480 e. The van der Waals surface area contributed by atoms with Gasteiger partial charge in [0.2, 0.25) is 0 Å². The third kappa shape index (κ3) is 3.13. The second-order valence-corrected chi connectivity index (χ2v) is 8.01. The van der Waals surface area contributed by atoms with Gasteiger partial charge in [0, 0.05) is 11.3 Å². The maximum Gasteiger partial charge on any atom is 0.327 e. The lowest BCUT2D eigenvalue weighted by atomic mass is 9.95. The van der Waals surface area contributed by atoms with Crippen LogP contribution in [-0.2, 0) is 9.59 Å². The van der Waals surface area contributed by atoms with E-state index in [0.717, 1.165) is 16.7 Å². The van der Waals surface area contributed by atoms with E-state index < -0.39 is 28.6 Å². The normalized spacial score (nSPS) is 19.7. The van der Waals surface area contributed by atoms with E-state index in [-0.39, 0.29) is 5.75 Å². The highest BCUT2D eigenvalue weighted by atomic mass is 32.2. The first-order valence-corrected chi connectivity index (χ1v) is 8.37. The lowest BCUT2D eigenvalue weighted by Gasteiger charge is -2.32. The van der Waals surface area contributed by atoms with Crippen LogP contribution >= 0.6 is 11.8 Å². The first-order chi connectivity index (χ1) is 10.6. The van der Waals surface area contributed by atoms with Crippen LogP contribution in [-0.4, -0.2) is 44.3 Å². The van der Waals surface area contributed by atoms with Crippen molar-refractivity contribution in [3.05, 3.63) is 34.4 Å². The van der Waals surface area contributed by atoms with Crippen LogP contribution in [0.5, 0.6) is 0 Å². The summed E-state index contributed by atoms with van der Waals surface area (Å²) in [5.74, 6) is -2.18. The molecule has 0 radical (unpaired) electrons. The van der Waals surface area contributed by atoms with Crippen LogP contribution in [0, 0.1) is 20.8 Å². The van der Waals surface area contributed by atoms with Crippen molar-refractivity contribution < 1.29 is 19.5 Å². The molecule has 0 unspecified atom stereocenters. The van der Waals surface area contributed by atoms with Gasteiger partial charge in [-0.2, -0.15) is 0 Å². The average Bonchev–Trinajstić information content (AvgIpc) is 2.72. The van der Waals surface area contributed by atoms with Gasteiger partial charge >= 0.3 is 5.97 Å². The van der Waals surface area contributed by atoms with Gasteiger partial charge in [0.25, 0.3) is 11.7 Å². The van der Waals surface area contributed by atoms with Gasteiger partial charge in [-0.15, -0.1) is 11.8 Å². The van der Waals surface area contributed by atoms with Crippen LogP contribution < -0.4 is 0 Å². The van der Waals surface area contributed by atoms with E-state index >= 15 is 0 Å². The van der Waals surface area contributed by atoms with Crippen molar-refractivity contribution in [1.82, 2.24) is 4.90 Å². The SMILES string of the molecule is Cc1cc(C)c(C(=O)C(=O)N2[C@H](C(=O)O)CSC2(C)C)c(C)c1. The van der Waals surface area contributed by atoms with E-state index in [2.05, 4.69) is 0 Å². The summed E-state index contributed by atoms with van der Waals surface area (Å²) in [6.07, 6.45) is 0. The van der Waals surface area contributed by atoms with Gasteiger partial charge in [-0.25, -0.2) is 4.79 Å². The molecule has 124 valence electrons. The molecule has 0 aliphatic carbocycles. The highest BCUT2D eigenvalue weighted by Crippen LogP contribution is 2.39. The second-order valence-electron chi connectivity index (χ2n) is 6.39. The van der Waals surface area contributed by atoms with E-state index in [1.54, 1.807) is 27.7 Å². The van der Waals surface area contributed by atoms with Crippen molar-refractivity contribution in [2.45, 2.75) is 45.5 Å². The number of carbonyl (C=O) groups excluding carboxylic acids is 2. The number of benzene rings is 1. The van der Waals surface area contributed by atoms with Crippen molar-refractivity contribution in [2.24, 2.45) is 0 Å². The van der Waals surface area contributed by atoms with Crippen LogP contribution in [0.25, 0.3) is 0 Å². The van der Waals surface area contributed by atoms with Crippen LogP contribution in [0.2, 0.25) is 0 Å². The number of hydrogen-bond acceptors (Lipinski definition) is 4. The summed E-state index contributed by atoms with van der Waals surface area (Å²) >= 11 is 1.37. The molecule has 0 spiro atoms. The van der Waals surface area contributed by atoms with Gasteiger partial charge in [-0.3, -0.25) is 9.59 Å². The summed E-state index contributed by atoms with van der Waals surface area (Å²) in [6, 6.07) is 2.73. The molecule has 1 aromatic rings. The molecule has 2 rings (SSSR count). The molecular weight excluding hydrogens is 314 g/mol. The summed E-state index contributed by atoms with van der Waals surface area (Å²) in [5, 5.41) is 9.34. The average molecular weight is 335 g/mol. The molecule has 1 fully saturated rings. The number of ketones is 1. The number of aliphatic carboxylic acids is 1. The zero-order chi connectivity index (χ0) is 17.5. The van der Waals surface area contributed by atoms with Crippen molar-refractivity contribution >= 4 is 29.4 Å². The third-order valence-corrected chi connectivity index (χ3v) is 5.47. The van der Waals surface area contributed by atoms with Gasteiger partial charge < -0.3 is 10.0 Å². The van der Waals surface area contributed by atoms with Gasteiger partial charge in [0.05, 0.1) is 4.87 Å². The quantitative estimate of drug-likeness (QED) is 0.679. The number of thioether (sulfide) groups is 1. The van der Waals surface area contributed by atoms with Gasteiger partial charge in [-0.05, 0) is 45.7 Å². The summed E-state index contributed by atoms with van der Waals surface area (Å²) in [5.41, 5.74) is 2.86. The Balaban J connectivity index is 2.43. The Labute approximate surface area is 140 Å². The lowest BCUT2D eigenvalue weighted by Crippen LogP contribution is -2.52. The summed E-state index contributed by atoms with van der Waals surface area (Å²) in [4.78, 5) is 37.4. The minimum absolute atomic E-state index is 0.285. The van der Waals surface area contributed by atoms with Gasteiger partial charge in [-0.1, -0.05) is 17.7 Å². The van der Waals surface area contributed by atoms with Crippen molar-refractivity contribution in [2.75, 3.05) is 5.75 Å². The van der Waals surface area contributed by atoms with E-state index in [0.29, 0.717) is 5.56 Å². The molecule has 1 amide bonds. The highest BCUT2D eigenvalue weighted by Gasteiger charge is 2.48. The summed E-state index contributed by atoms with van der Waals surface area (Å²) in [6.45, 7) is 9.04. The zero-order valence-electron chi connectivity index (χ0n) is 14.0. The Kier molecular flexibility index (Phi) is 4.57. The van der Waals surface area contributed by atoms with E-state index in [1.807, 2.05) is 19.1 Å². The maximum absolute atomic E-state index is 12.8. The van der Waals surface area contributed by atoms with E-state index in [4.69, 9.17) is 0 Å². The first kappa shape index (κ1) is 17.5. The number of Topliss-reactive ketones (excluding diaryl/α,β-unsaturated/α-hetero) is 1. The minimum atomic E-state index is -1.08. The summed E-state index contributed by atoms with van der Waals surface area (Å²) < 4.78 is 0. The number of hydrogen-bond donors (Lipinski definition) is 1. The molecule has 1 heterocycles. The molecule has 1 atom stereocenters. The molecule has 5 nitrogen and oxygen atoms in total. The van der Waals surface area contributed by atoms with Crippen LogP contribution in [0.4, 0.5) is 0 Å². The number of carbonyl (C=O) groups is 3. The Morgan fingerprint density at radius 1 is 1.17 bits per heavy atom. The number of carboxylic acid groups (broad SMARTS) is 1. The Hall–Kier alpha value is -1.82. The number of nitrogens with zero attached hydrogens (tertiary/aromatic N) is 1. The molecule has 23 heavy (non-hydrogen) atoms. The van der Waals surface area contributed by atoms with Crippen molar-refractivity contribution in [1.29, 1.82) is 0 Å². The van der Waals surface area contributed by atoms with Crippen LogP contribution in [0.1, 0.15) is 40.9 Å². The molecule has 1 aliphatic rings. The summed E-state index contributed by atoms with van der Waals surface area (Å²) in [7, 11) is 0. The van der Waals surface area contributed by atoms with Crippen LogP contribution in [0.3, 0.4) is 0 Å². The fraction of sp³-hybridized carbons (Fsp3) is 0.471. The number of rotatable bonds is 3. The fourth-order valence-corrected chi connectivity index (χ4v) is 4.33. The molecule has 1 aromatic carbocycles. The predicted octanol–water partition coefficient (Wildman–Crippen LogP) is 2.56.